The van der Waals surface area contributed by atoms with Crippen molar-refractivity contribution >= 4 is 22.7 Å². The van der Waals surface area contributed by atoms with Gasteiger partial charge in [-0.05, 0) is 38.3 Å². The Morgan fingerprint density at radius 2 is 1.93 bits per heavy atom. The van der Waals surface area contributed by atoms with E-state index in [-0.39, 0.29) is 10.6 Å². The lowest BCUT2D eigenvalue weighted by Crippen LogP contribution is -2.20. The van der Waals surface area contributed by atoms with E-state index in [2.05, 4.69) is 42.0 Å². The van der Waals surface area contributed by atoms with Gasteiger partial charge in [-0.15, -0.1) is 11.3 Å². The molecule has 4 rings (SSSR count). The molecular formula is C22H23N3O2S. The van der Waals surface area contributed by atoms with Crippen molar-refractivity contribution in [3.05, 3.63) is 73.9 Å². The minimum atomic E-state index is -0.337. The Bertz CT molecular complexity index is 1090. The number of non-ortho nitro benzene ring substituents is 1. The Labute approximate surface area is 168 Å². The van der Waals surface area contributed by atoms with Gasteiger partial charge in [-0.2, -0.15) is 0 Å². The third-order valence-corrected chi connectivity index (χ3v) is 6.19. The molecule has 0 spiro atoms. The fraction of sp³-hybridized carbons (Fsp3) is 0.318. The second kappa shape index (κ2) is 7.72. The molecule has 0 N–H and O–H groups in total. The number of nitrogens with zero attached hydrogens (tertiary/aromatic N) is 3. The Morgan fingerprint density at radius 1 is 1.14 bits per heavy atom. The van der Waals surface area contributed by atoms with Crippen molar-refractivity contribution in [3.63, 3.8) is 0 Å². The topological polar surface area (TPSA) is 60.4 Å². The first-order chi connectivity index (χ1) is 13.5. The second-order valence-corrected chi connectivity index (χ2v) is 8.26. The van der Waals surface area contributed by atoms with Gasteiger partial charge < -0.3 is 4.57 Å². The van der Waals surface area contributed by atoms with Crippen LogP contribution in [0.4, 0.5) is 11.4 Å². The molecule has 1 aromatic heterocycles. The highest BCUT2D eigenvalue weighted by Gasteiger charge is 2.22. The maximum atomic E-state index is 11.2. The molecule has 1 fully saturated rings. The highest BCUT2D eigenvalue weighted by Crippen LogP contribution is 2.34. The summed E-state index contributed by atoms with van der Waals surface area (Å²) in [5.41, 5.74) is 5.37. The van der Waals surface area contributed by atoms with E-state index >= 15 is 0 Å². The molecule has 0 radical (unpaired) electrons. The van der Waals surface area contributed by atoms with Crippen LogP contribution in [0.3, 0.4) is 0 Å². The van der Waals surface area contributed by atoms with E-state index in [1.165, 1.54) is 24.5 Å². The van der Waals surface area contributed by atoms with E-state index in [0.717, 1.165) is 40.2 Å². The summed E-state index contributed by atoms with van der Waals surface area (Å²) < 4.78 is 2.30. The molecule has 1 heterocycles. The van der Waals surface area contributed by atoms with Crippen molar-refractivity contribution in [1.29, 1.82) is 0 Å². The van der Waals surface area contributed by atoms with Crippen molar-refractivity contribution in [3.8, 4) is 11.3 Å². The summed E-state index contributed by atoms with van der Waals surface area (Å²) in [6.45, 7) is 4.17. The number of benzene rings is 2. The summed E-state index contributed by atoms with van der Waals surface area (Å²) in [4.78, 5) is 16.8. The Balaban J connectivity index is 1.88. The van der Waals surface area contributed by atoms with Crippen LogP contribution in [-0.2, 0) is 0 Å². The average molecular weight is 394 g/mol. The summed E-state index contributed by atoms with van der Waals surface area (Å²) in [5.74, 6) is 0. The lowest BCUT2D eigenvalue weighted by Gasteiger charge is -2.16. The van der Waals surface area contributed by atoms with Gasteiger partial charge in [0.15, 0.2) is 4.80 Å². The first-order valence-electron chi connectivity index (χ1n) is 9.60. The minimum Gasteiger partial charge on any atom is -0.313 e. The van der Waals surface area contributed by atoms with Gasteiger partial charge in [0.25, 0.3) is 5.69 Å². The molecule has 1 aliphatic rings. The van der Waals surface area contributed by atoms with Gasteiger partial charge in [-0.3, -0.25) is 10.1 Å². The van der Waals surface area contributed by atoms with E-state index in [4.69, 9.17) is 4.99 Å². The summed E-state index contributed by atoms with van der Waals surface area (Å²) in [7, 11) is 0. The molecule has 0 atom stereocenters. The van der Waals surface area contributed by atoms with E-state index in [9.17, 15) is 10.1 Å². The molecule has 2 aromatic carbocycles. The summed E-state index contributed by atoms with van der Waals surface area (Å²) in [5, 5.41) is 13.3. The standard InChI is InChI=1S/C22H23N3O2S/c1-15-10-11-20(16(2)12-15)23-22-24(18-7-3-4-8-18)21(14-28-22)17-6-5-9-19(13-17)25(26)27/h5-6,9-14,18H,3-4,7-8H2,1-2H3. The molecule has 3 aromatic rings. The number of hydrogen-bond acceptors (Lipinski definition) is 4. The molecule has 0 bridgehead atoms. The fourth-order valence-corrected chi connectivity index (χ4v) is 4.92. The van der Waals surface area contributed by atoms with Gasteiger partial charge in [0.1, 0.15) is 0 Å². The van der Waals surface area contributed by atoms with Gasteiger partial charge >= 0.3 is 0 Å². The van der Waals surface area contributed by atoms with Crippen molar-refractivity contribution in [1.82, 2.24) is 4.57 Å². The Morgan fingerprint density at radius 3 is 2.64 bits per heavy atom. The van der Waals surface area contributed by atoms with E-state index in [1.54, 1.807) is 23.5 Å². The van der Waals surface area contributed by atoms with Crippen molar-refractivity contribution in [2.24, 2.45) is 4.99 Å². The summed E-state index contributed by atoms with van der Waals surface area (Å²) in [6.07, 6.45) is 4.67. The van der Waals surface area contributed by atoms with Gasteiger partial charge in [0, 0.05) is 29.1 Å². The summed E-state index contributed by atoms with van der Waals surface area (Å²) >= 11 is 1.61. The SMILES string of the molecule is Cc1ccc(N=c2scc(-c3cccc([N+](=O)[O-])c3)n2C2CCCC2)c(C)c1. The number of nitro benzene ring substituents is 1. The van der Waals surface area contributed by atoms with Crippen LogP contribution in [0, 0.1) is 24.0 Å². The van der Waals surface area contributed by atoms with Crippen LogP contribution >= 0.6 is 11.3 Å². The highest BCUT2D eigenvalue weighted by molar-refractivity contribution is 7.07. The Hall–Kier alpha value is -2.73. The number of rotatable bonds is 4. The second-order valence-electron chi connectivity index (χ2n) is 7.42. The van der Waals surface area contributed by atoms with Gasteiger partial charge in [-0.1, -0.05) is 42.7 Å². The molecule has 6 heteroatoms. The lowest BCUT2D eigenvalue weighted by molar-refractivity contribution is -0.384. The third-order valence-electron chi connectivity index (χ3n) is 5.35. The molecular weight excluding hydrogens is 370 g/mol. The zero-order valence-electron chi connectivity index (χ0n) is 16.1. The first kappa shape index (κ1) is 18.6. The maximum Gasteiger partial charge on any atom is 0.270 e. The van der Waals surface area contributed by atoms with Gasteiger partial charge in [0.05, 0.1) is 16.3 Å². The van der Waals surface area contributed by atoms with Crippen molar-refractivity contribution in [2.75, 3.05) is 0 Å². The predicted octanol–water partition coefficient (Wildman–Crippen LogP) is 6.09. The zero-order valence-corrected chi connectivity index (χ0v) is 16.9. The Kier molecular flexibility index (Phi) is 5.13. The van der Waals surface area contributed by atoms with Crippen LogP contribution in [0.15, 0.2) is 52.8 Å². The van der Waals surface area contributed by atoms with E-state index in [1.807, 2.05) is 6.07 Å². The molecule has 1 saturated carbocycles. The number of aryl methyl sites for hydroxylation is 2. The van der Waals surface area contributed by atoms with Crippen LogP contribution in [0.1, 0.15) is 42.9 Å². The largest absolute Gasteiger partial charge is 0.313 e. The van der Waals surface area contributed by atoms with Crippen molar-refractivity contribution < 1.29 is 4.92 Å². The summed E-state index contributed by atoms with van der Waals surface area (Å²) in [6, 6.07) is 13.6. The smallest absolute Gasteiger partial charge is 0.270 e. The number of aromatic nitrogens is 1. The molecule has 0 aliphatic heterocycles. The van der Waals surface area contributed by atoms with Crippen LogP contribution in [0.5, 0.6) is 0 Å². The third kappa shape index (κ3) is 3.64. The molecule has 144 valence electrons. The lowest BCUT2D eigenvalue weighted by atomic mass is 10.1. The first-order valence-corrected chi connectivity index (χ1v) is 10.5. The molecule has 0 amide bonds. The molecule has 0 saturated heterocycles. The quantitative estimate of drug-likeness (QED) is 0.398. The number of hydrogen-bond donors (Lipinski definition) is 0. The average Bonchev–Trinajstić information content (AvgIpc) is 3.33. The maximum absolute atomic E-state index is 11.2. The van der Waals surface area contributed by atoms with Gasteiger partial charge in [-0.25, -0.2) is 4.99 Å². The molecule has 0 unspecified atom stereocenters. The van der Waals surface area contributed by atoms with Crippen molar-refractivity contribution in [2.45, 2.75) is 45.6 Å². The van der Waals surface area contributed by atoms with E-state index < -0.39 is 0 Å². The number of thiazole rings is 1. The molecule has 5 nitrogen and oxygen atoms in total. The monoisotopic (exact) mass is 393 g/mol. The fourth-order valence-electron chi connectivity index (χ4n) is 3.94. The van der Waals surface area contributed by atoms with Crippen LogP contribution < -0.4 is 4.80 Å². The predicted molar refractivity (Wildman–Crippen MR) is 113 cm³/mol. The zero-order chi connectivity index (χ0) is 19.7. The van der Waals surface area contributed by atoms with Crippen LogP contribution in [-0.4, -0.2) is 9.49 Å². The minimum absolute atomic E-state index is 0.120. The number of nitro groups is 1. The van der Waals surface area contributed by atoms with Crippen LogP contribution in [0.25, 0.3) is 11.3 Å². The van der Waals surface area contributed by atoms with Crippen LogP contribution in [0.2, 0.25) is 0 Å². The van der Waals surface area contributed by atoms with Gasteiger partial charge in [0.2, 0.25) is 0 Å². The molecule has 28 heavy (non-hydrogen) atoms. The molecule has 1 aliphatic carbocycles. The normalized spacial score (nSPS) is 15.3. The van der Waals surface area contributed by atoms with E-state index in [0.29, 0.717) is 6.04 Å². The highest BCUT2D eigenvalue weighted by atomic mass is 32.1.